The highest BCUT2D eigenvalue weighted by molar-refractivity contribution is 5.92. The number of aromatic amines is 1. The molecule has 0 spiro atoms. The first-order valence-electron chi connectivity index (χ1n) is 6.33. The average molecular weight is 289 g/mol. The predicted octanol–water partition coefficient (Wildman–Crippen LogP) is 0.996. The maximum atomic E-state index is 12.2. The molecular weight excluding hydrogens is 274 g/mol. The zero-order chi connectivity index (χ0) is 15.1. The van der Waals surface area contributed by atoms with Crippen molar-refractivity contribution in [1.29, 1.82) is 0 Å². The largest absolute Gasteiger partial charge is 0.481 e. The van der Waals surface area contributed by atoms with Gasteiger partial charge < -0.3 is 10.4 Å². The Morgan fingerprint density at radius 2 is 2.05 bits per heavy atom. The van der Waals surface area contributed by atoms with E-state index in [1.807, 2.05) is 6.07 Å². The van der Waals surface area contributed by atoms with Crippen LogP contribution in [-0.2, 0) is 11.3 Å². The lowest BCUT2D eigenvalue weighted by Crippen LogP contribution is -2.41. The third-order valence-electron chi connectivity index (χ3n) is 2.73. The molecule has 0 saturated heterocycles. The maximum Gasteiger partial charge on any atom is 0.322 e. The lowest BCUT2D eigenvalue weighted by atomic mass is 10.3. The van der Waals surface area contributed by atoms with E-state index < -0.39 is 5.97 Å². The Labute approximate surface area is 120 Å². The number of para-hydroxylation sites is 1. The number of nitrogens with one attached hydrogen (secondary N) is 2. The van der Waals surface area contributed by atoms with Crippen LogP contribution in [0, 0.1) is 0 Å². The van der Waals surface area contributed by atoms with Crippen LogP contribution in [0.4, 0.5) is 10.5 Å². The van der Waals surface area contributed by atoms with Crippen LogP contribution in [0.2, 0.25) is 0 Å². The van der Waals surface area contributed by atoms with E-state index >= 15 is 0 Å². The number of hydrogen-bond acceptors (Lipinski definition) is 4. The molecule has 0 aliphatic carbocycles. The molecule has 0 radical (unpaired) electrons. The molecule has 2 rings (SSSR count). The normalized spacial score (nSPS) is 10.1. The molecule has 0 atom stereocenters. The second-order valence-corrected chi connectivity index (χ2v) is 4.22. The van der Waals surface area contributed by atoms with Crippen molar-refractivity contribution in [1.82, 2.24) is 20.5 Å². The molecule has 0 saturated carbocycles. The number of amides is 2. The topological polar surface area (TPSA) is 111 Å². The monoisotopic (exact) mass is 289 g/mol. The first-order valence-corrected chi connectivity index (χ1v) is 6.33. The van der Waals surface area contributed by atoms with E-state index in [4.69, 9.17) is 5.11 Å². The van der Waals surface area contributed by atoms with Crippen molar-refractivity contribution in [2.75, 3.05) is 11.4 Å². The van der Waals surface area contributed by atoms with Gasteiger partial charge in [0.05, 0.1) is 13.0 Å². The summed E-state index contributed by atoms with van der Waals surface area (Å²) in [5.74, 6) is -0.437. The molecule has 1 aromatic heterocycles. The Hall–Kier alpha value is -2.90. The van der Waals surface area contributed by atoms with Gasteiger partial charge in [0.2, 0.25) is 0 Å². The van der Waals surface area contributed by atoms with Gasteiger partial charge in [0, 0.05) is 12.2 Å². The number of urea groups is 1. The zero-order valence-corrected chi connectivity index (χ0v) is 11.2. The van der Waals surface area contributed by atoms with Crippen molar-refractivity contribution < 1.29 is 14.7 Å². The smallest absolute Gasteiger partial charge is 0.322 e. The highest BCUT2D eigenvalue weighted by Crippen LogP contribution is 2.13. The number of H-pyrrole nitrogens is 1. The van der Waals surface area contributed by atoms with Crippen molar-refractivity contribution in [3.63, 3.8) is 0 Å². The van der Waals surface area contributed by atoms with Gasteiger partial charge in [-0.1, -0.05) is 18.2 Å². The molecule has 8 heteroatoms. The Kier molecular flexibility index (Phi) is 4.86. The van der Waals surface area contributed by atoms with E-state index in [9.17, 15) is 9.59 Å². The van der Waals surface area contributed by atoms with Crippen molar-refractivity contribution >= 4 is 17.7 Å². The lowest BCUT2D eigenvalue weighted by molar-refractivity contribution is -0.136. The molecule has 1 aromatic carbocycles. The van der Waals surface area contributed by atoms with Crippen molar-refractivity contribution in [2.24, 2.45) is 0 Å². The van der Waals surface area contributed by atoms with Crippen molar-refractivity contribution in [3.8, 4) is 0 Å². The van der Waals surface area contributed by atoms with Crippen LogP contribution in [0.25, 0.3) is 0 Å². The molecule has 110 valence electrons. The number of hydrogen-bond donors (Lipinski definition) is 3. The third-order valence-corrected chi connectivity index (χ3v) is 2.73. The van der Waals surface area contributed by atoms with Gasteiger partial charge in [-0.2, -0.15) is 5.10 Å². The summed E-state index contributed by atoms with van der Waals surface area (Å²) in [6.45, 7) is 0.275. The molecule has 8 nitrogen and oxygen atoms in total. The van der Waals surface area contributed by atoms with Gasteiger partial charge in [-0.15, -0.1) is 0 Å². The summed E-state index contributed by atoms with van der Waals surface area (Å²) in [6, 6.07) is 8.50. The summed E-state index contributed by atoms with van der Waals surface area (Å²) in [5.41, 5.74) is 0.633. The molecule has 0 bridgehead atoms. The summed E-state index contributed by atoms with van der Waals surface area (Å²) >= 11 is 0. The quantitative estimate of drug-likeness (QED) is 0.734. The predicted molar refractivity (Wildman–Crippen MR) is 74.7 cm³/mol. The van der Waals surface area contributed by atoms with Gasteiger partial charge in [-0.25, -0.2) is 9.78 Å². The van der Waals surface area contributed by atoms with Gasteiger partial charge in [-0.05, 0) is 12.1 Å². The van der Waals surface area contributed by atoms with Gasteiger partial charge in [0.25, 0.3) is 0 Å². The minimum atomic E-state index is -0.959. The number of anilines is 1. The molecule has 0 aliphatic rings. The van der Waals surface area contributed by atoms with Crippen molar-refractivity contribution in [2.45, 2.75) is 13.0 Å². The van der Waals surface area contributed by atoms with Crippen LogP contribution >= 0.6 is 0 Å². The number of carbonyl (C=O) groups is 2. The van der Waals surface area contributed by atoms with Crippen LogP contribution in [0.5, 0.6) is 0 Å². The Morgan fingerprint density at radius 1 is 1.29 bits per heavy atom. The van der Waals surface area contributed by atoms with Crippen LogP contribution in [0.15, 0.2) is 36.7 Å². The average Bonchev–Trinajstić information content (AvgIpc) is 2.99. The lowest BCUT2D eigenvalue weighted by Gasteiger charge is -2.22. The molecule has 2 aromatic rings. The van der Waals surface area contributed by atoms with E-state index in [1.165, 1.54) is 11.2 Å². The highest BCUT2D eigenvalue weighted by atomic mass is 16.4. The minimum absolute atomic E-state index is 0.0849. The number of rotatable bonds is 6. The molecule has 3 N–H and O–H groups in total. The standard InChI is InChI=1S/C13H15N5O3/c19-12(20)6-7-18(10-4-2-1-3-5-10)13(21)14-8-11-15-9-16-17-11/h1-5,9H,6-8H2,(H,14,21)(H,19,20)(H,15,16,17). The summed E-state index contributed by atoms with van der Waals surface area (Å²) in [4.78, 5) is 28.2. The van der Waals surface area contributed by atoms with Crippen LogP contribution in [0.1, 0.15) is 12.2 Å². The molecule has 21 heavy (non-hydrogen) atoms. The van der Waals surface area contributed by atoms with E-state index in [0.29, 0.717) is 11.5 Å². The van der Waals surface area contributed by atoms with Crippen molar-refractivity contribution in [3.05, 3.63) is 42.5 Å². The number of aliphatic carboxylic acids is 1. The fourth-order valence-electron chi connectivity index (χ4n) is 1.73. The highest BCUT2D eigenvalue weighted by Gasteiger charge is 2.16. The summed E-state index contributed by atoms with van der Waals surface area (Å²) in [5, 5.41) is 17.8. The van der Waals surface area contributed by atoms with Gasteiger partial charge in [-0.3, -0.25) is 14.8 Å². The molecule has 0 aliphatic heterocycles. The fraction of sp³-hybridized carbons (Fsp3) is 0.231. The molecule has 1 heterocycles. The molecular formula is C13H15N5O3. The zero-order valence-electron chi connectivity index (χ0n) is 11.2. The minimum Gasteiger partial charge on any atom is -0.481 e. The molecule has 2 amide bonds. The van der Waals surface area contributed by atoms with Gasteiger partial charge in [0.15, 0.2) is 0 Å². The van der Waals surface area contributed by atoms with Crippen LogP contribution in [0.3, 0.4) is 0 Å². The second kappa shape index (κ2) is 7.04. The Morgan fingerprint density at radius 3 is 2.67 bits per heavy atom. The first kappa shape index (κ1) is 14.5. The molecule has 0 fully saturated rings. The summed E-state index contributed by atoms with van der Waals surface area (Å²) in [7, 11) is 0. The number of carboxylic acid groups (broad SMARTS) is 1. The first-order chi connectivity index (χ1) is 10.2. The number of aromatic nitrogens is 3. The van der Waals surface area contributed by atoms with Crippen LogP contribution < -0.4 is 10.2 Å². The summed E-state index contributed by atoms with van der Waals surface area (Å²) in [6.07, 6.45) is 1.21. The van der Waals surface area contributed by atoms with E-state index in [0.717, 1.165) is 0 Å². The SMILES string of the molecule is O=C(O)CCN(C(=O)NCc1ncn[nH]1)c1ccccc1. The summed E-state index contributed by atoms with van der Waals surface area (Å²) < 4.78 is 0. The third kappa shape index (κ3) is 4.30. The second-order valence-electron chi connectivity index (χ2n) is 4.22. The fourth-order valence-corrected chi connectivity index (χ4v) is 1.73. The van der Waals surface area contributed by atoms with E-state index in [1.54, 1.807) is 24.3 Å². The maximum absolute atomic E-state index is 12.2. The molecule has 0 unspecified atom stereocenters. The number of carbonyl (C=O) groups excluding carboxylic acids is 1. The number of benzene rings is 1. The Balaban J connectivity index is 2.03. The van der Waals surface area contributed by atoms with E-state index in [-0.39, 0.29) is 25.5 Å². The van der Waals surface area contributed by atoms with Gasteiger partial charge in [0.1, 0.15) is 12.2 Å². The Bertz CT molecular complexity index is 585. The number of carboxylic acids is 1. The van der Waals surface area contributed by atoms with Crippen LogP contribution in [-0.4, -0.2) is 38.8 Å². The van der Waals surface area contributed by atoms with E-state index in [2.05, 4.69) is 20.5 Å². The van der Waals surface area contributed by atoms with Gasteiger partial charge >= 0.3 is 12.0 Å². The number of nitrogens with zero attached hydrogens (tertiary/aromatic N) is 3.